The topological polar surface area (TPSA) is 51.2 Å². The first-order chi connectivity index (χ1) is 10.5. The maximum atomic E-state index is 10.9. The first-order valence-corrected chi connectivity index (χ1v) is 7.95. The van der Waals surface area contributed by atoms with Crippen LogP contribution in [0.15, 0.2) is 12.1 Å². The van der Waals surface area contributed by atoms with Crippen molar-refractivity contribution < 1.29 is 19.3 Å². The molecule has 2 unspecified atom stereocenters. The molecular weight excluding hydrogens is 282 g/mol. The van der Waals surface area contributed by atoms with Gasteiger partial charge in [0.15, 0.2) is 11.5 Å². The second-order valence-corrected chi connectivity index (χ2v) is 6.65. The number of aliphatic hydroxyl groups is 1. The monoisotopic (exact) mass is 307 g/mol. The van der Waals surface area contributed by atoms with Crippen molar-refractivity contribution in [3.63, 3.8) is 0 Å². The van der Waals surface area contributed by atoms with Crippen molar-refractivity contribution in [3.05, 3.63) is 17.7 Å². The molecule has 0 radical (unpaired) electrons. The van der Waals surface area contributed by atoms with Crippen molar-refractivity contribution in [3.8, 4) is 17.2 Å². The van der Waals surface area contributed by atoms with Gasteiger partial charge < -0.3 is 19.3 Å². The van der Waals surface area contributed by atoms with Gasteiger partial charge in [0.1, 0.15) is 11.7 Å². The quantitative estimate of drug-likeness (QED) is 0.927. The van der Waals surface area contributed by atoms with Crippen LogP contribution in [0.2, 0.25) is 0 Å². The molecule has 0 bridgehead atoms. The Bertz CT molecular complexity index is 558. The van der Waals surface area contributed by atoms with Gasteiger partial charge in [-0.3, -0.25) is 4.90 Å². The summed E-state index contributed by atoms with van der Waals surface area (Å²) in [6.07, 6.45) is 1.61. The van der Waals surface area contributed by atoms with E-state index in [1.165, 1.54) is 0 Å². The van der Waals surface area contributed by atoms with Gasteiger partial charge in [-0.2, -0.15) is 0 Å². The predicted octanol–water partition coefficient (Wildman–Crippen LogP) is 2.72. The number of aliphatic hydroxyl groups excluding tert-OH is 1. The summed E-state index contributed by atoms with van der Waals surface area (Å²) >= 11 is 0. The van der Waals surface area contributed by atoms with E-state index in [-0.39, 0.29) is 12.8 Å². The number of hydrogen-bond acceptors (Lipinski definition) is 5. The Kier molecular flexibility index (Phi) is 3.95. The Hall–Kier alpha value is -1.46. The minimum absolute atomic E-state index is 0.105. The van der Waals surface area contributed by atoms with Crippen LogP contribution in [0, 0.1) is 0 Å². The zero-order chi connectivity index (χ0) is 15.9. The third kappa shape index (κ3) is 2.42. The van der Waals surface area contributed by atoms with Crippen molar-refractivity contribution >= 4 is 0 Å². The van der Waals surface area contributed by atoms with Gasteiger partial charge in [0.05, 0.1) is 6.04 Å². The molecule has 2 aliphatic heterocycles. The summed E-state index contributed by atoms with van der Waals surface area (Å²) in [5.74, 6) is 1.91. The summed E-state index contributed by atoms with van der Waals surface area (Å²) in [4.78, 5) is 2.20. The third-order valence-electron chi connectivity index (χ3n) is 4.56. The van der Waals surface area contributed by atoms with Crippen LogP contribution in [0.3, 0.4) is 0 Å². The summed E-state index contributed by atoms with van der Waals surface area (Å²) in [6.45, 7) is 7.34. The van der Waals surface area contributed by atoms with Crippen LogP contribution in [-0.2, 0) is 0 Å². The molecule has 2 atom stereocenters. The van der Waals surface area contributed by atoms with E-state index in [2.05, 4.69) is 11.8 Å². The molecule has 0 saturated carbocycles. The molecular formula is C17H25NO4. The van der Waals surface area contributed by atoms with Gasteiger partial charge in [-0.15, -0.1) is 0 Å². The van der Waals surface area contributed by atoms with Crippen molar-refractivity contribution in [2.45, 2.75) is 51.4 Å². The summed E-state index contributed by atoms with van der Waals surface area (Å²) in [7, 11) is 2.05. The highest BCUT2D eigenvalue weighted by Gasteiger charge is 2.47. The average Bonchev–Trinajstić information content (AvgIpc) is 2.93. The molecule has 0 aromatic heterocycles. The molecule has 1 aromatic carbocycles. The van der Waals surface area contributed by atoms with Gasteiger partial charge in [-0.05, 0) is 46.0 Å². The summed E-state index contributed by atoms with van der Waals surface area (Å²) in [5, 5.41) is 10.9. The summed E-state index contributed by atoms with van der Waals surface area (Å²) in [6, 6.07) is 3.62. The molecule has 2 aliphatic rings. The molecule has 5 heteroatoms. The maximum absolute atomic E-state index is 10.9. The fourth-order valence-electron chi connectivity index (χ4n) is 3.49. The molecule has 2 heterocycles. The molecule has 0 amide bonds. The van der Waals surface area contributed by atoms with Gasteiger partial charge in [0, 0.05) is 5.56 Å². The number of ether oxygens (including phenoxy) is 3. The molecule has 3 rings (SSSR count). The highest BCUT2D eigenvalue weighted by atomic mass is 16.7. The normalized spacial score (nSPS) is 25.0. The van der Waals surface area contributed by atoms with Gasteiger partial charge in [-0.25, -0.2) is 0 Å². The number of nitrogens with zero attached hydrogens (tertiary/aromatic N) is 1. The van der Waals surface area contributed by atoms with Crippen molar-refractivity contribution in [1.82, 2.24) is 4.90 Å². The standard InChI is InChI=1S/C17H25NO4/c1-5-6-9-18(4)16-13(19)11-7-8-12-15(21-10-20-12)14(11)22-17(16,2)3/h7-8,13,16,19H,5-6,9-10H2,1-4H3. The predicted molar refractivity (Wildman–Crippen MR) is 83.6 cm³/mol. The van der Waals surface area contributed by atoms with Gasteiger partial charge in [0.25, 0.3) is 0 Å². The van der Waals surface area contributed by atoms with Crippen LogP contribution >= 0.6 is 0 Å². The lowest BCUT2D eigenvalue weighted by molar-refractivity contribution is -0.0760. The molecule has 0 aliphatic carbocycles. The second kappa shape index (κ2) is 5.63. The second-order valence-electron chi connectivity index (χ2n) is 6.65. The van der Waals surface area contributed by atoms with E-state index < -0.39 is 11.7 Å². The number of likely N-dealkylation sites (N-methyl/N-ethyl adjacent to an activating group) is 1. The number of rotatable bonds is 4. The zero-order valence-electron chi connectivity index (χ0n) is 13.8. The molecule has 22 heavy (non-hydrogen) atoms. The molecule has 0 fully saturated rings. The lowest BCUT2D eigenvalue weighted by Crippen LogP contribution is -2.57. The Labute approximate surface area is 131 Å². The SMILES string of the molecule is CCCCN(C)C1C(O)c2ccc3c(c2OC1(C)C)OCO3. The number of benzene rings is 1. The van der Waals surface area contributed by atoms with Crippen LogP contribution in [0.4, 0.5) is 0 Å². The van der Waals surface area contributed by atoms with Crippen LogP contribution in [0.25, 0.3) is 0 Å². The van der Waals surface area contributed by atoms with E-state index in [0.717, 1.165) is 24.9 Å². The Morgan fingerprint density at radius 3 is 2.77 bits per heavy atom. The minimum atomic E-state index is -0.616. The smallest absolute Gasteiger partial charge is 0.231 e. The Morgan fingerprint density at radius 2 is 2.05 bits per heavy atom. The highest BCUT2D eigenvalue weighted by Crippen LogP contribution is 2.51. The third-order valence-corrected chi connectivity index (χ3v) is 4.56. The molecule has 0 saturated heterocycles. The van der Waals surface area contributed by atoms with E-state index in [1.54, 1.807) is 0 Å². The lowest BCUT2D eigenvalue weighted by Gasteiger charge is -2.47. The van der Waals surface area contributed by atoms with Gasteiger partial charge in [0.2, 0.25) is 12.5 Å². The van der Waals surface area contributed by atoms with E-state index >= 15 is 0 Å². The highest BCUT2D eigenvalue weighted by molar-refractivity contribution is 5.59. The molecule has 122 valence electrons. The minimum Gasteiger partial charge on any atom is -0.482 e. The van der Waals surface area contributed by atoms with Crippen LogP contribution in [0.5, 0.6) is 17.2 Å². The Morgan fingerprint density at radius 1 is 1.27 bits per heavy atom. The lowest BCUT2D eigenvalue weighted by atomic mass is 9.84. The van der Waals surface area contributed by atoms with E-state index in [4.69, 9.17) is 14.2 Å². The molecule has 5 nitrogen and oxygen atoms in total. The van der Waals surface area contributed by atoms with Crippen LogP contribution in [-0.4, -0.2) is 42.0 Å². The number of unbranched alkanes of at least 4 members (excludes halogenated alkanes) is 1. The molecule has 1 N–H and O–H groups in total. The average molecular weight is 307 g/mol. The first-order valence-electron chi connectivity index (χ1n) is 7.95. The largest absolute Gasteiger partial charge is 0.482 e. The van der Waals surface area contributed by atoms with Crippen LogP contribution < -0.4 is 14.2 Å². The molecule has 0 spiro atoms. The van der Waals surface area contributed by atoms with E-state index in [9.17, 15) is 5.11 Å². The fraction of sp³-hybridized carbons (Fsp3) is 0.647. The van der Waals surface area contributed by atoms with Crippen molar-refractivity contribution in [2.24, 2.45) is 0 Å². The summed E-state index contributed by atoms with van der Waals surface area (Å²) < 4.78 is 17.2. The first kappa shape index (κ1) is 15.4. The Balaban J connectivity index is 1.96. The van der Waals surface area contributed by atoms with Crippen LogP contribution in [0.1, 0.15) is 45.3 Å². The number of hydrogen-bond donors (Lipinski definition) is 1. The number of fused-ring (bicyclic) bond motifs is 3. The van der Waals surface area contributed by atoms with Crippen molar-refractivity contribution in [2.75, 3.05) is 20.4 Å². The zero-order valence-corrected chi connectivity index (χ0v) is 13.8. The molecule has 1 aromatic rings. The maximum Gasteiger partial charge on any atom is 0.231 e. The van der Waals surface area contributed by atoms with Gasteiger partial charge >= 0.3 is 0 Å². The van der Waals surface area contributed by atoms with Crippen molar-refractivity contribution in [1.29, 1.82) is 0 Å². The fourth-order valence-corrected chi connectivity index (χ4v) is 3.49. The van der Waals surface area contributed by atoms with E-state index in [0.29, 0.717) is 17.2 Å². The summed E-state index contributed by atoms with van der Waals surface area (Å²) in [5.41, 5.74) is 0.257. The van der Waals surface area contributed by atoms with Gasteiger partial charge in [-0.1, -0.05) is 13.3 Å². The van der Waals surface area contributed by atoms with E-state index in [1.807, 2.05) is 33.0 Å².